The van der Waals surface area contributed by atoms with Gasteiger partial charge in [-0.1, -0.05) is 17.3 Å². The molecular weight excluding hydrogens is 904 g/mol. The highest BCUT2D eigenvalue weighted by molar-refractivity contribution is 7.58. The molecule has 2 heterocycles. The zero-order valence-corrected chi connectivity index (χ0v) is 39.7. The van der Waals surface area contributed by atoms with Crippen LogP contribution in [0, 0.1) is 0 Å². The second kappa shape index (κ2) is 38.3. The Balaban J connectivity index is 1.12. The normalized spacial score (nSPS) is 15.8. The Hall–Kier alpha value is -3.64. The zero-order valence-electron chi connectivity index (χ0n) is 37.8. The summed E-state index contributed by atoms with van der Waals surface area (Å²) in [6, 6.07) is 7.48. The lowest BCUT2D eigenvalue weighted by atomic mass is 10.2. The standard InChI is InChI=1S/C41H69N9O14P2/c1-43-41(35(27-42)29-45-48-40-7-6-38(64-40)32-63-65-33-66(53)54)44-28-34-4-2-5-36(26-34)46-39(52)8-12-56-15-18-59-22-23-61-24-25-62-31-37-30-50(49-47-37)9-13-57-16-19-60-21-20-58-17-14-55-11-3-10-51/h2,4-5,10,26-27,29-30,38,40,48,53-54,65H,3,6-9,11-25,28,31-33,42H2,1H3,(H,43,44)(H,46,52). The Bertz CT molecular complexity index is 1660. The van der Waals surface area contributed by atoms with Gasteiger partial charge in [0, 0.05) is 40.7 Å². The largest absolute Gasteiger partial charge is 0.404 e. The first-order valence-electron chi connectivity index (χ1n) is 21.8. The second-order valence-corrected chi connectivity index (χ2v) is 16.6. The number of hydrogen-bond donors (Lipinski definition) is 6. The van der Waals surface area contributed by atoms with Crippen LogP contribution in [0.25, 0.3) is 0 Å². The molecule has 372 valence electrons. The lowest BCUT2D eigenvalue weighted by molar-refractivity contribution is -0.117. The molecule has 0 saturated carbocycles. The minimum atomic E-state index is -1.94. The van der Waals surface area contributed by atoms with Crippen molar-refractivity contribution < 1.29 is 66.5 Å². The van der Waals surface area contributed by atoms with Gasteiger partial charge in [-0.2, -0.15) is 5.10 Å². The number of hydrogen-bond acceptors (Lipinski definition) is 20. The Kier molecular flexibility index (Phi) is 32.9. The van der Waals surface area contributed by atoms with Crippen molar-refractivity contribution in [3.8, 4) is 0 Å². The van der Waals surface area contributed by atoms with Gasteiger partial charge in [0.25, 0.3) is 0 Å². The van der Waals surface area contributed by atoms with Crippen molar-refractivity contribution in [1.29, 1.82) is 0 Å². The lowest BCUT2D eigenvalue weighted by Crippen LogP contribution is -2.28. The average Bonchev–Trinajstić information content (AvgIpc) is 3.98. The molecule has 1 amide bonds. The molecule has 2 aromatic rings. The van der Waals surface area contributed by atoms with Gasteiger partial charge in [-0.15, -0.1) is 5.10 Å². The van der Waals surface area contributed by atoms with Crippen LogP contribution in [0.15, 0.2) is 52.3 Å². The Morgan fingerprint density at radius 3 is 2.23 bits per heavy atom. The van der Waals surface area contributed by atoms with E-state index in [4.69, 9.17) is 62.7 Å². The fourth-order valence-corrected chi connectivity index (χ4v) is 6.73. The number of carbonyl (C=O) groups excluding carboxylic acids is 2. The van der Waals surface area contributed by atoms with E-state index in [2.05, 4.69) is 36.5 Å². The summed E-state index contributed by atoms with van der Waals surface area (Å²) >= 11 is 0. The van der Waals surface area contributed by atoms with Gasteiger partial charge in [0.15, 0.2) is 8.38 Å². The monoisotopic (exact) mass is 973 g/mol. The van der Waals surface area contributed by atoms with Crippen LogP contribution in [-0.2, 0) is 76.4 Å². The van der Waals surface area contributed by atoms with Gasteiger partial charge in [-0.3, -0.25) is 15.2 Å². The van der Waals surface area contributed by atoms with E-state index in [9.17, 15) is 9.59 Å². The van der Waals surface area contributed by atoms with Crippen molar-refractivity contribution in [1.82, 2.24) is 25.7 Å². The highest BCUT2D eigenvalue weighted by atomic mass is 31.2. The third-order valence-electron chi connectivity index (χ3n) is 8.84. The summed E-state index contributed by atoms with van der Waals surface area (Å²) in [7, 11) is -0.268. The summed E-state index contributed by atoms with van der Waals surface area (Å²) < 4.78 is 57.0. The van der Waals surface area contributed by atoms with Crippen LogP contribution >= 0.6 is 17.2 Å². The number of anilines is 1. The molecule has 3 unspecified atom stereocenters. The molecule has 7 N–H and O–H groups in total. The van der Waals surface area contributed by atoms with E-state index in [0.29, 0.717) is 148 Å². The number of nitrogens with two attached hydrogens (primary N) is 1. The van der Waals surface area contributed by atoms with Crippen molar-refractivity contribution in [2.75, 3.05) is 124 Å². The van der Waals surface area contributed by atoms with E-state index in [1.165, 1.54) is 6.20 Å². The van der Waals surface area contributed by atoms with Crippen LogP contribution in [-0.4, -0.2) is 180 Å². The summed E-state index contributed by atoms with van der Waals surface area (Å²) in [4.78, 5) is 45.1. The molecule has 1 saturated heterocycles. The molecule has 3 rings (SSSR count). The van der Waals surface area contributed by atoms with Crippen molar-refractivity contribution in [3.63, 3.8) is 0 Å². The van der Waals surface area contributed by atoms with Crippen LogP contribution in [0.3, 0.4) is 0 Å². The molecular formula is C41H69N9O14P2. The number of carbonyl (C=O) groups is 2. The zero-order chi connectivity index (χ0) is 47.1. The van der Waals surface area contributed by atoms with Crippen LogP contribution < -0.4 is 21.8 Å². The van der Waals surface area contributed by atoms with E-state index in [1.807, 2.05) is 30.5 Å². The molecule has 0 aliphatic carbocycles. The van der Waals surface area contributed by atoms with Gasteiger partial charge < -0.3 is 78.1 Å². The van der Waals surface area contributed by atoms with E-state index in [0.717, 1.165) is 24.7 Å². The SMILES string of the molecule is CN=C(NCc1cccc(NC(=O)CCOCCOCCOCCOCc2cn(CCOCCOCCOCCOCCC=O)nn2)c1)C(C=NNC1CCC(COPCP(O)O)O1)=CN. The van der Waals surface area contributed by atoms with Gasteiger partial charge >= 0.3 is 0 Å². The van der Waals surface area contributed by atoms with E-state index >= 15 is 0 Å². The number of benzene rings is 1. The number of nitrogens with one attached hydrogen (secondary N) is 3. The fourth-order valence-electron chi connectivity index (χ4n) is 5.60. The Morgan fingerprint density at radius 2 is 1.58 bits per heavy atom. The topological polar surface area (TPSA) is 284 Å². The van der Waals surface area contributed by atoms with E-state index < -0.39 is 8.38 Å². The minimum Gasteiger partial charge on any atom is -0.404 e. The molecule has 1 aliphatic heterocycles. The molecule has 25 heteroatoms. The van der Waals surface area contributed by atoms with Crippen LogP contribution in [0.1, 0.15) is 36.9 Å². The number of rotatable bonds is 41. The highest BCUT2D eigenvalue weighted by Gasteiger charge is 2.25. The number of nitrogens with zero attached hydrogens (tertiary/aromatic N) is 5. The second-order valence-electron chi connectivity index (χ2n) is 14.0. The summed E-state index contributed by atoms with van der Waals surface area (Å²) in [6.07, 6.45) is 7.37. The number of amides is 1. The van der Waals surface area contributed by atoms with Gasteiger partial charge in [0.1, 0.15) is 24.0 Å². The lowest BCUT2D eigenvalue weighted by Gasteiger charge is -2.14. The summed E-state index contributed by atoms with van der Waals surface area (Å²) in [5.41, 5.74) is 11.7. The summed E-state index contributed by atoms with van der Waals surface area (Å²) in [5.74, 6) is 0.603. The Labute approximate surface area is 389 Å². The van der Waals surface area contributed by atoms with Crippen molar-refractivity contribution in [2.45, 2.75) is 57.7 Å². The third-order valence-corrected chi connectivity index (χ3v) is 10.9. The van der Waals surface area contributed by atoms with Crippen molar-refractivity contribution in [2.24, 2.45) is 15.8 Å². The van der Waals surface area contributed by atoms with Crippen LogP contribution in [0.5, 0.6) is 0 Å². The first-order valence-corrected chi connectivity index (χ1v) is 24.3. The summed E-state index contributed by atoms with van der Waals surface area (Å²) in [6.45, 7) is 7.99. The molecule has 3 atom stereocenters. The molecule has 1 aromatic heterocycles. The number of aliphatic imine (C=N–C) groups is 1. The average molecular weight is 974 g/mol. The molecule has 66 heavy (non-hydrogen) atoms. The molecule has 1 aromatic carbocycles. The molecule has 0 bridgehead atoms. The van der Waals surface area contributed by atoms with Gasteiger partial charge in [0.05, 0.1) is 155 Å². The first-order chi connectivity index (χ1) is 32.4. The van der Waals surface area contributed by atoms with E-state index in [1.54, 1.807) is 17.9 Å². The molecule has 1 aliphatic rings. The number of hydrazone groups is 1. The minimum absolute atomic E-state index is 0.0253. The van der Waals surface area contributed by atoms with Crippen LogP contribution in [0.4, 0.5) is 5.69 Å². The van der Waals surface area contributed by atoms with Crippen molar-refractivity contribution >= 4 is 47.1 Å². The quantitative estimate of drug-likeness (QED) is 0.0137. The number of ether oxygens (including phenoxy) is 9. The fraction of sp³-hybridized carbons (Fsp3) is 0.659. The number of aromatic nitrogens is 3. The maximum Gasteiger partial charge on any atom is 0.226 e. The number of aldehydes is 1. The van der Waals surface area contributed by atoms with E-state index in [-0.39, 0.29) is 46.0 Å². The molecule has 0 spiro atoms. The van der Waals surface area contributed by atoms with Crippen LogP contribution in [0.2, 0.25) is 0 Å². The summed E-state index contributed by atoms with van der Waals surface area (Å²) in [5, 5.41) is 18.7. The number of amidine groups is 1. The highest BCUT2D eigenvalue weighted by Crippen LogP contribution is 2.33. The maximum absolute atomic E-state index is 12.6. The Morgan fingerprint density at radius 1 is 0.924 bits per heavy atom. The predicted octanol–water partition coefficient (Wildman–Crippen LogP) is 1.43. The van der Waals surface area contributed by atoms with Gasteiger partial charge in [-0.25, -0.2) is 4.68 Å². The van der Waals surface area contributed by atoms with Gasteiger partial charge in [-0.05, 0) is 30.5 Å². The van der Waals surface area contributed by atoms with Crippen molar-refractivity contribution in [3.05, 3.63) is 53.5 Å². The third kappa shape index (κ3) is 28.5. The first kappa shape index (κ1) is 56.7. The van der Waals surface area contributed by atoms with Gasteiger partial charge in [0.2, 0.25) is 5.91 Å². The molecule has 23 nitrogen and oxygen atoms in total. The molecule has 0 radical (unpaired) electrons. The molecule has 1 fully saturated rings. The predicted molar refractivity (Wildman–Crippen MR) is 248 cm³/mol. The smallest absolute Gasteiger partial charge is 0.226 e. The maximum atomic E-state index is 12.6.